The third-order valence-corrected chi connectivity index (χ3v) is 2.03. The van der Waals surface area contributed by atoms with Crippen molar-refractivity contribution in [3.05, 3.63) is 53.9 Å². The van der Waals surface area contributed by atoms with Crippen LogP contribution < -0.4 is 0 Å². The summed E-state index contributed by atoms with van der Waals surface area (Å²) in [6.45, 7) is 0. The van der Waals surface area contributed by atoms with Crippen LogP contribution in [0.1, 0.15) is 5.69 Å². The molecule has 0 N–H and O–H groups in total. The third-order valence-electron chi connectivity index (χ3n) is 2.03. The summed E-state index contributed by atoms with van der Waals surface area (Å²) in [6, 6.07) is 8.34. The highest BCUT2D eigenvalue weighted by molar-refractivity contribution is 5.40. The summed E-state index contributed by atoms with van der Waals surface area (Å²) in [5.41, 5.74) is 0.471. The van der Waals surface area contributed by atoms with Crippen LogP contribution in [0.3, 0.4) is 0 Å². The number of hydrogen-bond acceptors (Lipinski definition) is 1. The normalized spacial score (nSPS) is 9.93. The number of hydrogen-bond donors (Lipinski definition) is 0. The molecular formula is C11H6F2N2. The Morgan fingerprint density at radius 2 is 2.00 bits per heavy atom. The molecular weight excluding hydrogens is 198 g/mol. The SMILES string of the molecule is N#Cc1cccn1-c1ccc(F)cc1F. The second kappa shape index (κ2) is 3.54. The fraction of sp³-hybridized carbons (Fsp3) is 0. The van der Waals surface area contributed by atoms with Crippen molar-refractivity contribution in [3.8, 4) is 11.8 Å². The number of rotatable bonds is 1. The lowest BCUT2D eigenvalue weighted by atomic mass is 10.3. The molecule has 1 heterocycles. The molecule has 74 valence electrons. The molecule has 0 bridgehead atoms. The molecule has 2 aromatic rings. The molecule has 0 spiro atoms. The van der Waals surface area contributed by atoms with Gasteiger partial charge in [-0.15, -0.1) is 0 Å². The van der Waals surface area contributed by atoms with E-state index in [2.05, 4.69) is 0 Å². The summed E-state index contributed by atoms with van der Waals surface area (Å²) in [5, 5.41) is 8.75. The molecule has 0 atom stereocenters. The largest absolute Gasteiger partial charge is 0.305 e. The molecule has 4 heteroatoms. The van der Waals surface area contributed by atoms with Crippen LogP contribution in [0, 0.1) is 23.0 Å². The number of halogens is 2. The molecule has 1 aromatic heterocycles. The van der Waals surface area contributed by atoms with E-state index >= 15 is 0 Å². The molecule has 0 aliphatic heterocycles. The Kier molecular flexibility index (Phi) is 2.22. The minimum atomic E-state index is -0.692. The van der Waals surface area contributed by atoms with Crippen molar-refractivity contribution in [2.45, 2.75) is 0 Å². The summed E-state index contributed by atoms with van der Waals surface area (Å²) in [7, 11) is 0. The Morgan fingerprint density at radius 1 is 1.20 bits per heavy atom. The first-order valence-electron chi connectivity index (χ1n) is 4.25. The number of nitriles is 1. The second-order valence-corrected chi connectivity index (χ2v) is 2.97. The van der Waals surface area contributed by atoms with E-state index in [0.717, 1.165) is 12.1 Å². The lowest BCUT2D eigenvalue weighted by Crippen LogP contribution is -1.99. The zero-order chi connectivity index (χ0) is 10.8. The molecule has 2 rings (SSSR count). The van der Waals surface area contributed by atoms with Gasteiger partial charge in [0.1, 0.15) is 23.4 Å². The highest BCUT2D eigenvalue weighted by atomic mass is 19.1. The van der Waals surface area contributed by atoms with Gasteiger partial charge in [-0.25, -0.2) is 8.78 Å². The van der Waals surface area contributed by atoms with Gasteiger partial charge in [-0.1, -0.05) is 0 Å². The monoisotopic (exact) mass is 204 g/mol. The summed E-state index contributed by atoms with van der Waals surface area (Å²) in [5.74, 6) is -1.33. The van der Waals surface area contributed by atoms with Crippen molar-refractivity contribution >= 4 is 0 Å². The Balaban J connectivity index is 2.60. The molecule has 2 nitrogen and oxygen atoms in total. The maximum absolute atomic E-state index is 13.4. The quantitative estimate of drug-likeness (QED) is 0.701. The summed E-state index contributed by atoms with van der Waals surface area (Å²) >= 11 is 0. The van der Waals surface area contributed by atoms with Gasteiger partial charge >= 0.3 is 0 Å². The average Bonchev–Trinajstić information content (AvgIpc) is 2.65. The maximum atomic E-state index is 13.4. The van der Waals surface area contributed by atoms with Crippen molar-refractivity contribution in [2.24, 2.45) is 0 Å². The first-order chi connectivity index (χ1) is 7.22. The average molecular weight is 204 g/mol. The first-order valence-corrected chi connectivity index (χ1v) is 4.25. The second-order valence-electron chi connectivity index (χ2n) is 2.97. The van der Waals surface area contributed by atoms with Crippen LogP contribution in [-0.2, 0) is 0 Å². The van der Waals surface area contributed by atoms with Crippen LogP contribution in [0.15, 0.2) is 36.5 Å². The van der Waals surface area contributed by atoms with Crippen LogP contribution in [0.25, 0.3) is 5.69 Å². The Morgan fingerprint density at radius 3 is 2.67 bits per heavy atom. The molecule has 1 aromatic carbocycles. The van der Waals surface area contributed by atoms with Gasteiger partial charge in [0, 0.05) is 12.3 Å². The predicted molar refractivity (Wildman–Crippen MR) is 50.4 cm³/mol. The van der Waals surface area contributed by atoms with Crippen molar-refractivity contribution in [1.29, 1.82) is 5.26 Å². The van der Waals surface area contributed by atoms with E-state index in [-0.39, 0.29) is 5.69 Å². The van der Waals surface area contributed by atoms with Gasteiger partial charge in [-0.3, -0.25) is 0 Å². The molecule has 0 saturated heterocycles. The molecule has 0 saturated carbocycles. The topological polar surface area (TPSA) is 28.7 Å². The van der Waals surface area contributed by atoms with E-state index in [1.807, 2.05) is 6.07 Å². The Hall–Kier alpha value is -2.15. The van der Waals surface area contributed by atoms with Crippen molar-refractivity contribution in [2.75, 3.05) is 0 Å². The van der Waals surface area contributed by atoms with Crippen LogP contribution in [0.4, 0.5) is 8.78 Å². The van der Waals surface area contributed by atoms with E-state index in [1.54, 1.807) is 18.3 Å². The minimum absolute atomic E-state index is 0.165. The Labute approximate surface area is 85.0 Å². The maximum Gasteiger partial charge on any atom is 0.150 e. The lowest BCUT2D eigenvalue weighted by molar-refractivity contribution is 0.577. The van der Waals surface area contributed by atoms with Gasteiger partial charge < -0.3 is 4.57 Å². The van der Waals surface area contributed by atoms with Gasteiger partial charge in [0.25, 0.3) is 0 Å². The number of nitrogens with zero attached hydrogens (tertiary/aromatic N) is 2. The van der Waals surface area contributed by atoms with E-state index in [1.165, 1.54) is 10.6 Å². The van der Waals surface area contributed by atoms with Gasteiger partial charge in [0.15, 0.2) is 0 Å². The van der Waals surface area contributed by atoms with E-state index < -0.39 is 11.6 Å². The van der Waals surface area contributed by atoms with Crippen LogP contribution in [0.5, 0.6) is 0 Å². The van der Waals surface area contributed by atoms with Crippen LogP contribution >= 0.6 is 0 Å². The Bertz CT molecular complexity index is 538. The minimum Gasteiger partial charge on any atom is -0.305 e. The molecule has 0 radical (unpaired) electrons. The molecule has 0 aliphatic carbocycles. The fourth-order valence-corrected chi connectivity index (χ4v) is 1.36. The van der Waals surface area contributed by atoms with Gasteiger partial charge in [0.05, 0.1) is 5.69 Å². The summed E-state index contributed by atoms with van der Waals surface area (Å²) < 4.78 is 27.4. The molecule has 0 amide bonds. The number of aromatic nitrogens is 1. The third kappa shape index (κ3) is 1.59. The zero-order valence-corrected chi connectivity index (χ0v) is 7.61. The number of benzene rings is 1. The zero-order valence-electron chi connectivity index (χ0n) is 7.61. The van der Waals surface area contributed by atoms with Gasteiger partial charge in [-0.05, 0) is 24.3 Å². The first kappa shape index (κ1) is 9.41. The van der Waals surface area contributed by atoms with Crippen molar-refractivity contribution in [1.82, 2.24) is 4.57 Å². The van der Waals surface area contributed by atoms with Crippen molar-refractivity contribution < 1.29 is 8.78 Å². The standard InChI is InChI=1S/C11H6F2N2/c12-8-3-4-11(10(13)6-8)15-5-1-2-9(15)7-14/h1-6H. The fourth-order valence-electron chi connectivity index (χ4n) is 1.36. The van der Waals surface area contributed by atoms with E-state index in [4.69, 9.17) is 5.26 Å². The molecule has 0 fully saturated rings. The van der Waals surface area contributed by atoms with Crippen molar-refractivity contribution in [3.63, 3.8) is 0 Å². The van der Waals surface area contributed by atoms with E-state index in [9.17, 15) is 8.78 Å². The van der Waals surface area contributed by atoms with Crippen LogP contribution in [-0.4, -0.2) is 4.57 Å². The van der Waals surface area contributed by atoms with Gasteiger partial charge in [0.2, 0.25) is 0 Å². The van der Waals surface area contributed by atoms with Crippen LogP contribution in [0.2, 0.25) is 0 Å². The molecule has 0 unspecified atom stereocenters. The summed E-state index contributed by atoms with van der Waals surface area (Å²) in [6.07, 6.45) is 1.55. The summed E-state index contributed by atoms with van der Waals surface area (Å²) in [4.78, 5) is 0. The molecule has 0 aliphatic rings. The smallest absolute Gasteiger partial charge is 0.150 e. The highest BCUT2D eigenvalue weighted by Gasteiger charge is 2.08. The molecule has 15 heavy (non-hydrogen) atoms. The van der Waals surface area contributed by atoms with Gasteiger partial charge in [-0.2, -0.15) is 5.26 Å². The van der Waals surface area contributed by atoms with E-state index in [0.29, 0.717) is 5.69 Å². The lowest BCUT2D eigenvalue weighted by Gasteiger charge is -2.05. The predicted octanol–water partition coefficient (Wildman–Crippen LogP) is 2.63. The highest BCUT2D eigenvalue weighted by Crippen LogP contribution is 2.16.